The number of hydrogen-bond donors (Lipinski definition) is 3. The Morgan fingerprint density at radius 1 is 0.970 bits per heavy atom. The maximum Gasteiger partial charge on any atom is 0.256 e. The van der Waals surface area contributed by atoms with Crippen molar-refractivity contribution < 1.29 is 22.7 Å². The Bertz CT molecular complexity index is 1380. The lowest BCUT2D eigenvalue weighted by atomic mass is 10.1. The number of nitrogens with one attached hydrogen (secondary N) is 3. The summed E-state index contributed by atoms with van der Waals surface area (Å²) in [6.45, 7) is 2.51. The lowest BCUT2D eigenvalue weighted by Gasteiger charge is -2.26. The largest absolute Gasteiger partial charge is 0.379 e. The van der Waals surface area contributed by atoms with Crippen LogP contribution in [0.15, 0.2) is 58.2 Å². The van der Waals surface area contributed by atoms with Crippen LogP contribution in [0.25, 0.3) is 10.9 Å². The number of rotatable bonds is 5. The molecule has 0 saturated carbocycles. The molecule has 3 N–H and O–H groups in total. The number of sulfonamides is 1. The molecule has 3 aromatic rings. The van der Waals surface area contributed by atoms with Gasteiger partial charge in [-0.2, -0.15) is 4.31 Å². The summed E-state index contributed by atoms with van der Waals surface area (Å²) < 4.78 is 32.7. The molecule has 0 atom stereocenters. The molecule has 1 fully saturated rings. The lowest BCUT2D eigenvalue weighted by molar-refractivity contribution is -0.114. The van der Waals surface area contributed by atoms with Gasteiger partial charge in [-0.25, -0.2) is 8.42 Å². The maximum atomic E-state index is 13.0. The highest BCUT2D eigenvalue weighted by Crippen LogP contribution is 2.24. The van der Waals surface area contributed by atoms with E-state index in [2.05, 4.69) is 15.6 Å². The molecule has 1 aromatic heterocycles. The molecule has 0 bridgehead atoms. The van der Waals surface area contributed by atoms with E-state index in [1.165, 1.54) is 29.4 Å². The molecular formula is C22H22N4O6S. The van der Waals surface area contributed by atoms with Crippen LogP contribution in [0.2, 0.25) is 0 Å². The first-order valence-electron chi connectivity index (χ1n) is 10.2. The quantitative estimate of drug-likeness (QED) is 0.520. The van der Waals surface area contributed by atoms with E-state index in [0.717, 1.165) is 6.07 Å². The standard InChI is InChI=1S/C22H22N4O6S/c1-14(27)23-15-2-4-16(5-3-15)24-22(29)19-13-21(28)25-20-7-6-17(12-18(19)20)33(30,31)26-8-10-32-11-9-26/h2-7,12-13H,8-11H2,1H3,(H,23,27)(H,24,29)(H,25,28). The van der Waals surface area contributed by atoms with Crippen LogP contribution in [0.5, 0.6) is 0 Å². The van der Waals surface area contributed by atoms with Gasteiger partial charge in [0.1, 0.15) is 0 Å². The Hall–Kier alpha value is -3.54. The Labute approximate surface area is 189 Å². The van der Waals surface area contributed by atoms with Gasteiger partial charge in [-0.1, -0.05) is 0 Å². The fourth-order valence-corrected chi connectivity index (χ4v) is 4.99. The highest BCUT2D eigenvalue weighted by atomic mass is 32.2. The molecule has 1 saturated heterocycles. The molecular weight excluding hydrogens is 448 g/mol. The van der Waals surface area contributed by atoms with E-state index in [0.29, 0.717) is 35.5 Å². The van der Waals surface area contributed by atoms with Gasteiger partial charge in [0.05, 0.1) is 23.7 Å². The third-order valence-corrected chi connectivity index (χ3v) is 7.02. The molecule has 1 aliphatic heterocycles. The Morgan fingerprint density at radius 3 is 2.24 bits per heavy atom. The minimum Gasteiger partial charge on any atom is -0.379 e. The van der Waals surface area contributed by atoms with Crippen LogP contribution in [-0.4, -0.2) is 55.8 Å². The van der Waals surface area contributed by atoms with Gasteiger partial charge < -0.3 is 20.4 Å². The van der Waals surface area contributed by atoms with Crippen molar-refractivity contribution in [3.8, 4) is 0 Å². The number of aromatic amines is 1. The van der Waals surface area contributed by atoms with Crippen molar-refractivity contribution in [2.75, 3.05) is 36.9 Å². The number of H-pyrrole nitrogens is 1. The van der Waals surface area contributed by atoms with Crippen molar-refractivity contribution in [2.45, 2.75) is 11.8 Å². The SMILES string of the molecule is CC(=O)Nc1ccc(NC(=O)c2cc(=O)[nH]c3ccc(S(=O)(=O)N4CCOCC4)cc23)cc1. The summed E-state index contributed by atoms with van der Waals surface area (Å²) in [5, 5.41) is 5.63. The molecule has 2 aromatic carbocycles. The summed E-state index contributed by atoms with van der Waals surface area (Å²) in [6.07, 6.45) is 0. The summed E-state index contributed by atoms with van der Waals surface area (Å²) in [7, 11) is -3.78. The van der Waals surface area contributed by atoms with E-state index >= 15 is 0 Å². The number of hydrogen-bond acceptors (Lipinski definition) is 6. The number of fused-ring (bicyclic) bond motifs is 1. The minimum atomic E-state index is -3.78. The average molecular weight is 471 g/mol. The van der Waals surface area contributed by atoms with Gasteiger partial charge >= 0.3 is 0 Å². The fraction of sp³-hybridized carbons (Fsp3) is 0.227. The van der Waals surface area contributed by atoms with E-state index in [-0.39, 0.29) is 29.5 Å². The molecule has 4 rings (SSSR count). The summed E-state index contributed by atoms with van der Waals surface area (Å²) in [5.74, 6) is -0.788. The second-order valence-electron chi connectivity index (χ2n) is 7.48. The number of amides is 2. The average Bonchev–Trinajstić information content (AvgIpc) is 2.79. The van der Waals surface area contributed by atoms with E-state index in [4.69, 9.17) is 4.74 Å². The third-order valence-electron chi connectivity index (χ3n) is 5.13. The highest BCUT2D eigenvalue weighted by molar-refractivity contribution is 7.89. The van der Waals surface area contributed by atoms with E-state index < -0.39 is 21.5 Å². The van der Waals surface area contributed by atoms with Crippen molar-refractivity contribution in [3.63, 3.8) is 0 Å². The normalized spacial score (nSPS) is 14.7. The molecule has 0 radical (unpaired) electrons. The Morgan fingerprint density at radius 2 is 1.61 bits per heavy atom. The maximum absolute atomic E-state index is 13.0. The number of nitrogens with zero attached hydrogens (tertiary/aromatic N) is 1. The third kappa shape index (κ3) is 4.95. The topological polar surface area (TPSA) is 138 Å². The fourth-order valence-electron chi connectivity index (χ4n) is 3.56. The second-order valence-corrected chi connectivity index (χ2v) is 9.42. The van der Waals surface area contributed by atoms with Gasteiger partial charge in [-0.05, 0) is 42.5 Å². The molecule has 0 aliphatic carbocycles. The van der Waals surface area contributed by atoms with Crippen LogP contribution < -0.4 is 16.2 Å². The zero-order valence-corrected chi connectivity index (χ0v) is 18.6. The van der Waals surface area contributed by atoms with E-state index in [1.54, 1.807) is 24.3 Å². The zero-order valence-electron chi connectivity index (χ0n) is 17.8. The number of aromatic nitrogens is 1. The predicted octanol–water partition coefficient (Wildman–Crippen LogP) is 1.76. The molecule has 33 heavy (non-hydrogen) atoms. The minimum absolute atomic E-state index is 0.0256. The molecule has 172 valence electrons. The number of carbonyl (C=O) groups is 2. The van der Waals surface area contributed by atoms with Crippen molar-refractivity contribution in [3.05, 3.63) is 64.4 Å². The molecule has 11 heteroatoms. The Kier molecular flexibility index (Phi) is 6.27. The van der Waals surface area contributed by atoms with Crippen LogP contribution in [0.4, 0.5) is 11.4 Å². The summed E-state index contributed by atoms with van der Waals surface area (Å²) in [5.41, 5.74) is 0.908. The van der Waals surface area contributed by atoms with Crippen LogP contribution in [0.3, 0.4) is 0 Å². The van der Waals surface area contributed by atoms with Crippen molar-refractivity contribution in [1.29, 1.82) is 0 Å². The van der Waals surface area contributed by atoms with Gasteiger partial charge in [-0.3, -0.25) is 14.4 Å². The smallest absolute Gasteiger partial charge is 0.256 e. The van der Waals surface area contributed by atoms with Gasteiger partial charge in [0.2, 0.25) is 21.5 Å². The Balaban J connectivity index is 1.67. The van der Waals surface area contributed by atoms with Crippen molar-refractivity contribution in [1.82, 2.24) is 9.29 Å². The van der Waals surface area contributed by atoms with Crippen molar-refractivity contribution in [2.24, 2.45) is 0 Å². The van der Waals surface area contributed by atoms with Gasteiger partial charge in [-0.15, -0.1) is 0 Å². The van der Waals surface area contributed by atoms with Crippen LogP contribution in [0, 0.1) is 0 Å². The summed E-state index contributed by atoms with van der Waals surface area (Å²) >= 11 is 0. The number of pyridine rings is 1. The second kappa shape index (κ2) is 9.14. The number of anilines is 2. The number of carbonyl (C=O) groups excluding carboxylic acids is 2. The molecule has 1 aliphatic rings. The highest BCUT2D eigenvalue weighted by Gasteiger charge is 2.27. The summed E-state index contributed by atoms with van der Waals surface area (Å²) in [4.78, 5) is 38.9. The molecule has 10 nitrogen and oxygen atoms in total. The van der Waals surface area contributed by atoms with E-state index in [9.17, 15) is 22.8 Å². The van der Waals surface area contributed by atoms with Gasteiger partial charge in [0.15, 0.2) is 0 Å². The first-order valence-corrected chi connectivity index (χ1v) is 11.6. The lowest BCUT2D eigenvalue weighted by Crippen LogP contribution is -2.40. The molecule has 0 unspecified atom stereocenters. The first-order chi connectivity index (χ1) is 15.7. The number of morpholine rings is 1. The number of benzene rings is 2. The van der Waals surface area contributed by atoms with Gasteiger partial charge in [0, 0.05) is 48.4 Å². The molecule has 2 amide bonds. The predicted molar refractivity (Wildman–Crippen MR) is 123 cm³/mol. The number of ether oxygens (including phenoxy) is 1. The first kappa shape index (κ1) is 22.6. The zero-order chi connectivity index (χ0) is 23.6. The monoisotopic (exact) mass is 470 g/mol. The molecule has 0 spiro atoms. The van der Waals surface area contributed by atoms with Crippen LogP contribution in [0.1, 0.15) is 17.3 Å². The van der Waals surface area contributed by atoms with Crippen LogP contribution >= 0.6 is 0 Å². The van der Waals surface area contributed by atoms with Crippen molar-refractivity contribution >= 4 is 44.1 Å². The van der Waals surface area contributed by atoms with Crippen LogP contribution in [-0.2, 0) is 19.6 Å². The van der Waals surface area contributed by atoms with E-state index in [1.807, 2.05) is 0 Å². The van der Waals surface area contributed by atoms with Gasteiger partial charge in [0.25, 0.3) is 5.91 Å². The molecule has 2 heterocycles. The summed E-state index contributed by atoms with van der Waals surface area (Å²) in [6, 6.07) is 11.9.